The molecule has 15 heteroatoms. The van der Waals surface area contributed by atoms with E-state index in [4.69, 9.17) is 5.73 Å². The monoisotopic (exact) mass is 639 g/mol. The SMILES string of the molecule is CC(C)[C@H]1C(O)[C@@H](C(N)=O)C(=O)[C@]2(O)C(O)[C@H]3C(=O)c4c(O)ccc(N=Nc5c(F)c(F)c(F)c(F)c5F)c4C[C@]3(C)C[C@]12C. The number of carbonyl (C=O) groups is 3. The van der Waals surface area contributed by atoms with Crippen molar-refractivity contribution >= 4 is 28.8 Å². The Hall–Kier alpha value is -3.82. The fraction of sp³-hybridized carbons (Fsp3) is 0.500. The quantitative estimate of drug-likeness (QED) is 0.111. The van der Waals surface area contributed by atoms with Crippen molar-refractivity contribution in [2.75, 3.05) is 0 Å². The Bertz CT molecular complexity index is 1670. The normalized spacial score (nSPS) is 34.6. The maximum Gasteiger partial charge on any atom is 0.230 e. The van der Waals surface area contributed by atoms with E-state index in [2.05, 4.69) is 10.2 Å². The number of rotatable bonds is 4. The molecule has 2 saturated carbocycles. The predicted molar refractivity (Wildman–Crippen MR) is 144 cm³/mol. The molecule has 0 saturated heterocycles. The third kappa shape index (κ3) is 4.19. The van der Waals surface area contributed by atoms with Crippen molar-refractivity contribution in [2.45, 2.75) is 58.3 Å². The molecule has 0 heterocycles. The van der Waals surface area contributed by atoms with Crippen LogP contribution in [-0.2, 0) is 16.0 Å². The first kappa shape index (κ1) is 32.6. The van der Waals surface area contributed by atoms with Crippen molar-refractivity contribution in [1.29, 1.82) is 0 Å². The van der Waals surface area contributed by atoms with Gasteiger partial charge in [0.05, 0.1) is 23.3 Å². The van der Waals surface area contributed by atoms with Crippen LogP contribution in [0.4, 0.5) is 33.3 Å². The van der Waals surface area contributed by atoms with Gasteiger partial charge in [0.15, 0.2) is 46.1 Å². The van der Waals surface area contributed by atoms with Crippen LogP contribution in [-0.4, -0.2) is 55.7 Å². The van der Waals surface area contributed by atoms with Gasteiger partial charge in [-0.2, -0.15) is 5.11 Å². The summed E-state index contributed by atoms with van der Waals surface area (Å²) in [6.45, 7) is 6.35. The summed E-state index contributed by atoms with van der Waals surface area (Å²) in [5, 5.41) is 52.7. The van der Waals surface area contributed by atoms with Crippen LogP contribution in [0.5, 0.6) is 5.75 Å². The lowest BCUT2D eigenvalue weighted by molar-refractivity contribution is -0.265. The lowest BCUT2D eigenvalue weighted by Crippen LogP contribution is -2.79. The minimum Gasteiger partial charge on any atom is -0.507 e. The van der Waals surface area contributed by atoms with Crippen molar-refractivity contribution in [3.05, 3.63) is 52.3 Å². The zero-order valence-electron chi connectivity index (χ0n) is 24.4. The van der Waals surface area contributed by atoms with E-state index in [1.165, 1.54) is 6.92 Å². The summed E-state index contributed by atoms with van der Waals surface area (Å²) < 4.78 is 69.5. The molecule has 0 aliphatic heterocycles. The molecule has 0 radical (unpaired) electrons. The molecule has 2 aromatic carbocycles. The van der Waals surface area contributed by atoms with E-state index in [0.717, 1.165) is 12.1 Å². The fourth-order valence-corrected chi connectivity index (χ4v) is 8.40. The summed E-state index contributed by atoms with van der Waals surface area (Å²) in [6.07, 6.45) is -4.22. The third-order valence-corrected chi connectivity index (χ3v) is 10.1. The molecule has 5 rings (SSSR count). The highest BCUT2D eigenvalue weighted by atomic mass is 19.2. The minimum atomic E-state index is -2.74. The number of phenolic OH excluding ortho intramolecular Hbond substituents is 1. The predicted octanol–water partition coefficient (Wildman–Crippen LogP) is 3.68. The van der Waals surface area contributed by atoms with Gasteiger partial charge >= 0.3 is 0 Å². The maximum absolute atomic E-state index is 14.3. The number of phenols is 1. The Morgan fingerprint density at radius 3 is 2.07 bits per heavy atom. The second-order valence-corrected chi connectivity index (χ2v) is 13.1. The molecule has 45 heavy (non-hydrogen) atoms. The van der Waals surface area contributed by atoms with Crippen molar-refractivity contribution in [3.8, 4) is 5.75 Å². The van der Waals surface area contributed by atoms with Gasteiger partial charge in [-0.05, 0) is 47.8 Å². The van der Waals surface area contributed by atoms with Crippen LogP contribution in [0.1, 0.15) is 50.0 Å². The number of hydrogen-bond acceptors (Lipinski definition) is 9. The average molecular weight is 640 g/mol. The highest BCUT2D eigenvalue weighted by molar-refractivity contribution is 6.09. The van der Waals surface area contributed by atoms with Crippen LogP contribution < -0.4 is 5.73 Å². The molecule has 0 bridgehead atoms. The van der Waals surface area contributed by atoms with Gasteiger partial charge in [0, 0.05) is 5.41 Å². The van der Waals surface area contributed by atoms with Crippen molar-refractivity contribution in [3.63, 3.8) is 0 Å². The summed E-state index contributed by atoms with van der Waals surface area (Å²) >= 11 is 0. The number of halogens is 5. The third-order valence-electron chi connectivity index (χ3n) is 10.1. The lowest BCUT2D eigenvalue weighted by atomic mass is 9.39. The Kier molecular flexibility index (Phi) is 7.49. The molecule has 0 spiro atoms. The molecular weight excluding hydrogens is 609 g/mol. The van der Waals surface area contributed by atoms with Crippen molar-refractivity contribution in [2.24, 2.45) is 50.5 Å². The van der Waals surface area contributed by atoms with Gasteiger partial charge in [-0.15, -0.1) is 5.11 Å². The van der Waals surface area contributed by atoms with Gasteiger partial charge in [0.25, 0.3) is 0 Å². The number of benzene rings is 2. The maximum atomic E-state index is 14.3. The summed E-state index contributed by atoms with van der Waals surface area (Å²) in [5.74, 6) is -20.4. The number of aromatic hydroxyl groups is 1. The van der Waals surface area contributed by atoms with Gasteiger partial charge in [0.2, 0.25) is 11.7 Å². The first-order valence-corrected chi connectivity index (χ1v) is 14.0. The number of aliphatic hydroxyl groups excluding tert-OH is 2. The number of primary amides is 1. The van der Waals surface area contributed by atoms with Gasteiger partial charge in [0.1, 0.15) is 17.8 Å². The Morgan fingerprint density at radius 2 is 1.53 bits per heavy atom. The van der Waals surface area contributed by atoms with Crippen LogP contribution in [0.15, 0.2) is 22.4 Å². The number of nitrogens with two attached hydrogens (primary N) is 1. The summed E-state index contributed by atoms with van der Waals surface area (Å²) in [5.41, 5.74) is -2.66. The highest BCUT2D eigenvalue weighted by Gasteiger charge is 2.76. The molecule has 2 aromatic rings. The molecule has 8 atom stereocenters. The van der Waals surface area contributed by atoms with Crippen LogP contribution in [0.3, 0.4) is 0 Å². The summed E-state index contributed by atoms with van der Waals surface area (Å²) in [6, 6.07) is 2.06. The van der Waals surface area contributed by atoms with Crippen LogP contribution in [0.25, 0.3) is 0 Å². The molecule has 2 unspecified atom stereocenters. The second kappa shape index (κ2) is 10.4. The zero-order valence-corrected chi connectivity index (χ0v) is 24.4. The number of azo groups is 1. The van der Waals surface area contributed by atoms with E-state index in [1.807, 2.05) is 0 Å². The molecule has 6 N–H and O–H groups in total. The number of hydrogen-bond donors (Lipinski definition) is 5. The van der Waals surface area contributed by atoms with Crippen LogP contribution in [0, 0.1) is 63.6 Å². The standard InChI is InChI=1S/C30H30F5N3O7/c1-9(2)15-24(41)14(27(36)44)25(42)30(45)26(43)16-23(40)13-10(7-28(16,3)8-29(15,30)4)11(5-6-12(13)39)37-38-22-20(34)18(32)17(31)19(33)21(22)35/h5-6,9,14-16,24,26,39,41,43,45H,7-8H2,1-4H3,(H2,36,44)/t14-,15+,16-,24?,26?,28-,29-,30+/m1/s1. The number of aliphatic hydroxyl groups is 3. The molecule has 10 nitrogen and oxygen atoms in total. The largest absolute Gasteiger partial charge is 0.507 e. The van der Waals surface area contributed by atoms with E-state index in [0.29, 0.717) is 0 Å². The Balaban J connectivity index is 1.68. The fourth-order valence-electron chi connectivity index (χ4n) is 8.40. The average Bonchev–Trinajstić information content (AvgIpc) is 2.93. The van der Waals surface area contributed by atoms with E-state index < -0.39 is 116 Å². The molecule has 1 amide bonds. The molecule has 3 aliphatic carbocycles. The first-order chi connectivity index (χ1) is 20.8. The smallest absolute Gasteiger partial charge is 0.230 e. The number of fused-ring (bicyclic) bond motifs is 3. The van der Waals surface area contributed by atoms with Crippen LogP contribution >= 0.6 is 0 Å². The van der Waals surface area contributed by atoms with Gasteiger partial charge in [-0.1, -0.05) is 27.7 Å². The van der Waals surface area contributed by atoms with Crippen LogP contribution in [0.2, 0.25) is 0 Å². The summed E-state index contributed by atoms with van der Waals surface area (Å²) in [4.78, 5) is 40.1. The number of ketones is 2. The number of amides is 1. The van der Waals surface area contributed by atoms with Gasteiger partial charge in [-0.3, -0.25) is 14.4 Å². The van der Waals surface area contributed by atoms with E-state index in [1.54, 1.807) is 20.8 Å². The first-order valence-electron chi connectivity index (χ1n) is 14.0. The Morgan fingerprint density at radius 1 is 0.978 bits per heavy atom. The number of nitrogens with zero attached hydrogens (tertiary/aromatic N) is 2. The van der Waals surface area contributed by atoms with Crippen molar-refractivity contribution < 1.29 is 56.8 Å². The zero-order chi connectivity index (χ0) is 33.7. The lowest BCUT2D eigenvalue weighted by Gasteiger charge is -2.66. The van der Waals surface area contributed by atoms with E-state index >= 15 is 0 Å². The molecular formula is C30H30F5N3O7. The van der Waals surface area contributed by atoms with E-state index in [9.17, 15) is 56.8 Å². The number of Topliss-reactive ketones (excluding diaryl/α,β-unsaturated/α-hetero) is 2. The Labute approximate surface area is 252 Å². The van der Waals surface area contributed by atoms with Crippen molar-refractivity contribution in [1.82, 2.24) is 0 Å². The summed E-state index contributed by atoms with van der Waals surface area (Å²) in [7, 11) is 0. The second-order valence-electron chi connectivity index (χ2n) is 13.1. The number of carbonyl (C=O) groups excluding carboxylic acids is 3. The molecule has 3 aliphatic rings. The molecule has 0 aromatic heterocycles. The molecule has 2 fully saturated rings. The van der Waals surface area contributed by atoms with Gasteiger partial charge < -0.3 is 26.2 Å². The topological polar surface area (TPSA) is 183 Å². The van der Waals surface area contributed by atoms with Gasteiger partial charge in [-0.25, -0.2) is 22.0 Å². The van der Waals surface area contributed by atoms with E-state index in [-0.39, 0.29) is 24.1 Å². The minimum absolute atomic E-state index is 0.0496. The highest BCUT2D eigenvalue weighted by Crippen LogP contribution is 2.66. The molecule has 242 valence electrons.